The minimum atomic E-state index is 0.0515. The first-order valence-corrected chi connectivity index (χ1v) is 3.74. The van der Waals surface area contributed by atoms with E-state index in [0.29, 0.717) is 0 Å². The standard InChI is InChI=1S/C8H10N2O/c1-5-6-2-3-9-8(11)7(6)4-10-5/h4,10H,2-3H2,1H3,(H,9,11). The fourth-order valence-corrected chi connectivity index (χ4v) is 1.48. The van der Waals surface area contributed by atoms with Gasteiger partial charge in [0.05, 0.1) is 5.56 Å². The van der Waals surface area contributed by atoms with Crippen molar-refractivity contribution in [3.63, 3.8) is 0 Å². The Morgan fingerprint density at radius 2 is 2.36 bits per heavy atom. The molecule has 0 aliphatic carbocycles. The Balaban J connectivity index is 2.55. The predicted octanol–water partition coefficient (Wildman–Crippen LogP) is 0.609. The molecular formula is C8H10N2O. The van der Waals surface area contributed by atoms with E-state index in [2.05, 4.69) is 10.3 Å². The van der Waals surface area contributed by atoms with E-state index in [1.54, 1.807) is 6.20 Å². The highest BCUT2D eigenvalue weighted by Gasteiger charge is 2.18. The molecule has 0 aromatic carbocycles. The van der Waals surface area contributed by atoms with Crippen molar-refractivity contribution in [2.24, 2.45) is 0 Å². The molecule has 1 aliphatic rings. The van der Waals surface area contributed by atoms with Crippen molar-refractivity contribution in [3.8, 4) is 0 Å². The molecule has 2 heterocycles. The number of amides is 1. The first-order valence-electron chi connectivity index (χ1n) is 3.74. The van der Waals surface area contributed by atoms with Gasteiger partial charge in [0.2, 0.25) is 0 Å². The monoisotopic (exact) mass is 150 g/mol. The molecule has 0 radical (unpaired) electrons. The van der Waals surface area contributed by atoms with Crippen LogP contribution >= 0.6 is 0 Å². The van der Waals surface area contributed by atoms with Gasteiger partial charge < -0.3 is 10.3 Å². The van der Waals surface area contributed by atoms with Gasteiger partial charge in [-0.15, -0.1) is 0 Å². The maximum absolute atomic E-state index is 11.2. The molecule has 0 saturated carbocycles. The van der Waals surface area contributed by atoms with E-state index in [4.69, 9.17) is 0 Å². The van der Waals surface area contributed by atoms with Crippen molar-refractivity contribution in [2.75, 3.05) is 6.54 Å². The molecule has 2 N–H and O–H groups in total. The molecule has 2 rings (SSSR count). The Morgan fingerprint density at radius 1 is 1.55 bits per heavy atom. The molecule has 1 aromatic rings. The highest BCUT2D eigenvalue weighted by atomic mass is 16.1. The number of hydrogen-bond acceptors (Lipinski definition) is 1. The van der Waals surface area contributed by atoms with Gasteiger partial charge in [-0.2, -0.15) is 0 Å². The van der Waals surface area contributed by atoms with Crippen LogP contribution in [0.2, 0.25) is 0 Å². The summed E-state index contributed by atoms with van der Waals surface area (Å²) in [5.41, 5.74) is 3.11. The van der Waals surface area contributed by atoms with E-state index >= 15 is 0 Å². The first-order chi connectivity index (χ1) is 5.29. The van der Waals surface area contributed by atoms with Crippen LogP contribution in [0.3, 0.4) is 0 Å². The first kappa shape index (κ1) is 6.46. The van der Waals surface area contributed by atoms with E-state index in [-0.39, 0.29) is 5.91 Å². The third-order valence-corrected chi connectivity index (χ3v) is 2.12. The van der Waals surface area contributed by atoms with E-state index in [1.165, 1.54) is 5.56 Å². The molecule has 0 atom stereocenters. The summed E-state index contributed by atoms with van der Waals surface area (Å²) < 4.78 is 0. The van der Waals surface area contributed by atoms with Gasteiger partial charge in [-0.05, 0) is 18.9 Å². The number of aromatic nitrogens is 1. The predicted molar refractivity (Wildman–Crippen MR) is 41.6 cm³/mol. The molecule has 3 nitrogen and oxygen atoms in total. The van der Waals surface area contributed by atoms with E-state index < -0.39 is 0 Å². The Morgan fingerprint density at radius 3 is 3.09 bits per heavy atom. The minimum absolute atomic E-state index is 0.0515. The number of carbonyl (C=O) groups is 1. The van der Waals surface area contributed by atoms with Crippen LogP contribution in [0, 0.1) is 6.92 Å². The van der Waals surface area contributed by atoms with Gasteiger partial charge in [-0.25, -0.2) is 0 Å². The van der Waals surface area contributed by atoms with Crippen LogP contribution in [-0.2, 0) is 6.42 Å². The SMILES string of the molecule is Cc1[nH]cc2c1CCNC2=O. The van der Waals surface area contributed by atoms with Crippen molar-refractivity contribution < 1.29 is 4.79 Å². The van der Waals surface area contributed by atoms with Gasteiger partial charge >= 0.3 is 0 Å². The number of aryl methyl sites for hydroxylation is 1. The van der Waals surface area contributed by atoms with Crippen molar-refractivity contribution in [2.45, 2.75) is 13.3 Å². The van der Waals surface area contributed by atoms with Crippen LogP contribution in [0.5, 0.6) is 0 Å². The van der Waals surface area contributed by atoms with Crippen molar-refractivity contribution in [3.05, 3.63) is 23.0 Å². The molecule has 0 fully saturated rings. The summed E-state index contributed by atoms with van der Waals surface area (Å²) in [5, 5.41) is 2.79. The second kappa shape index (κ2) is 2.12. The normalized spacial score (nSPS) is 15.9. The second-order valence-electron chi connectivity index (χ2n) is 2.81. The average molecular weight is 150 g/mol. The zero-order valence-electron chi connectivity index (χ0n) is 6.40. The van der Waals surface area contributed by atoms with Crippen LogP contribution in [-0.4, -0.2) is 17.4 Å². The molecular weight excluding hydrogens is 140 g/mol. The van der Waals surface area contributed by atoms with Crippen molar-refractivity contribution in [1.82, 2.24) is 10.3 Å². The topological polar surface area (TPSA) is 44.9 Å². The van der Waals surface area contributed by atoms with Crippen LogP contribution in [0.4, 0.5) is 0 Å². The fourth-order valence-electron chi connectivity index (χ4n) is 1.48. The third-order valence-electron chi connectivity index (χ3n) is 2.12. The minimum Gasteiger partial charge on any atom is -0.364 e. The highest BCUT2D eigenvalue weighted by molar-refractivity contribution is 5.96. The summed E-state index contributed by atoms with van der Waals surface area (Å²) in [5.74, 6) is 0.0515. The molecule has 58 valence electrons. The lowest BCUT2D eigenvalue weighted by Gasteiger charge is -2.12. The largest absolute Gasteiger partial charge is 0.364 e. The molecule has 0 saturated heterocycles. The third kappa shape index (κ3) is 0.843. The molecule has 1 amide bonds. The van der Waals surface area contributed by atoms with E-state index in [0.717, 1.165) is 24.2 Å². The molecule has 1 aliphatic heterocycles. The van der Waals surface area contributed by atoms with Crippen LogP contribution < -0.4 is 5.32 Å². The van der Waals surface area contributed by atoms with Gasteiger partial charge in [0.25, 0.3) is 5.91 Å². The van der Waals surface area contributed by atoms with Gasteiger partial charge in [-0.3, -0.25) is 4.79 Å². The smallest absolute Gasteiger partial charge is 0.253 e. The fraction of sp³-hybridized carbons (Fsp3) is 0.375. The zero-order chi connectivity index (χ0) is 7.84. The lowest BCUT2D eigenvalue weighted by atomic mass is 10.0. The maximum Gasteiger partial charge on any atom is 0.253 e. The van der Waals surface area contributed by atoms with Crippen molar-refractivity contribution >= 4 is 5.91 Å². The average Bonchev–Trinajstić information content (AvgIpc) is 2.35. The number of aromatic amines is 1. The van der Waals surface area contributed by atoms with Crippen molar-refractivity contribution in [1.29, 1.82) is 0 Å². The number of nitrogens with one attached hydrogen (secondary N) is 2. The quantitative estimate of drug-likeness (QED) is 0.559. The van der Waals surface area contributed by atoms with Crippen LogP contribution in [0.25, 0.3) is 0 Å². The van der Waals surface area contributed by atoms with Gasteiger partial charge in [0, 0.05) is 18.4 Å². The zero-order valence-corrected chi connectivity index (χ0v) is 6.40. The summed E-state index contributed by atoms with van der Waals surface area (Å²) in [6.07, 6.45) is 2.73. The molecule has 0 bridgehead atoms. The number of H-pyrrole nitrogens is 1. The van der Waals surface area contributed by atoms with Gasteiger partial charge in [0.1, 0.15) is 0 Å². The number of fused-ring (bicyclic) bond motifs is 1. The number of hydrogen-bond donors (Lipinski definition) is 2. The lowest BCUT2D eigenvalue weighted by Crippen LogP contribution is -2.31. The molecule has 11 heavy (non-hydrogen) atoms. The van der Waals surface area contributed by atoms with Gasteiger partial charge in [0.15, 0.2) is 0 Å². The van der Waals surface area contributed by atoms with E-state index in [1.807, 2.05) is 6.92 Å². The molecule has 0 unspecified atom stereocenters. The number of carbonyl (C=O) groups excluding carboxylic acids is 1. The Labute approximate surface area is 64.8 Å². The summed E-state index contributed by atoms with van der Waals surface area (Å²) in [6, 6.07) is 0. The summed E-state index contributed by atoms with van der Waals surface area (Å²) in [7, 11) is 0. The lowest BCUT2D eigenvalue weighted by molar-refractivity contribution is 0.0946. The summed E-state index contributed by atoms with van der Waals surface area (Å²) >= 11 is 0. The van der Waals surface area contributed by atoms with E-state index in [9.17, 15) is 4.79 Å². The van der Waals surface area contributed by atoms with Crippen LogP contribution in [0.15, 0.2) is 6.20 Å². The Kier molecular flexibility index (Phi) is 1.24. The maximum atomic E-state index is 11.2. The Bertz CT molecular complexity index is 301. The van der Waals surface area contributed by atoms with Crippen LogP contribution in [0.1, 0.15) is 21.6 Å². The molecule has 3 heteroatoms. The molecule has 1 aromatic heterocycles. The Hall–Kier alpha value is -1.25. The van der Waals surface area contributed by atoms with Gasteiger partial charge in [-0.1, -0.05) is 0 Å². The second-order valence-corrected chi connectivity index (χ2v) is 2.81. The summed E-state index contributed by atoms with van der Waals surface area (Å²) in [4.78, 5) is 14.2. The molecule has 0 spiro atoms. The summed E-state index contributed by atoms with van der Waals surface area (Å²) in [6.45, 7) is 2.77. The number of rotatable bonds is 0. The highest BCUT2D eigenvalue weighted by Crippen LogP contribution is 2.16.